The average molecular weight is 235 g/mol. The molecule has 2 aromatic rings. The molecule has 1 atom stereocenters. The van der Waals surface area contributed by atoms with Crippen molar-refractivity contribution in [3.05, 3.63) is 28.7 Å². The summed E-state index contributed by atoms with van der Waals surface area (Å²) in [5.74, 6) is -0.340. The molecule has 5 nitrogen and oxygen atoms in total. The molecule has 0 amide bonds. The number of fused-ring (bicyclic) bond motifs is 1. The van der Waals surface area contributed by atoms with E-state index < -0.39 is 0 Å². The first-order chi connectivity index (χ1) is 8.08. The predicted octanol–water partition coefficient (Wildman–Crippen LogP) is 1.28. The van der Waals surface area contributed by atoms with Crippen molar-refractivity contribution in [1.29, 1.82) is 0 Å². The lowest BCUT2D eigenvalue weighted by atomic mass is 10.2. The van der Waals surface area contributed by atoms with Crippen LogP contribution in [0.3, 0.4) is 0 Å². The summed E-state index contributed by atoms with van der Waals surface area (Å²) in [5, 5.41) is 3.27. The number of oxazole rings is 1. The Morgan fingerprint density at radius 1 is 1.53 bits per heavy atom. The second-order valence-electron chi connectivity index (χ2n) is 4.30. The number of nitrogens with two attached hydrogens (primary N) is 1. The van der Waals surface area contributed by atoms with Crippen molar-refractivity contribution in [3.63, 3.8) is 0 Å². The van der Waals surface area contributed by atoms with Crippen LogP contribution in [0.25, 0.3) is 11.1 Å². The maximum atomic E-state index is 11.3. The standard InChI is InChI=1S/C12H17N3O2/c1-8(13)5-6-14-9-3-4-11-10(7-9)15(2)12(16)17-11/h3-4,7-8,14H,5-6,13H2,1-2H3. The molecule has 3 N–H and O–H groups in total. The summed E-state index contributed by atoms with van der Waals surface area (Å²) in [6.07, 6.45) is 0.905. The number of benzene rings is 1. The third-order valence-corrected chi connectivity index (χ3v) is 2.72. The highest BCUT2D eigenvalue weighted by atomic mass is 16.4. The summed E-state index contributed by atoms with van der Waals surface area (Å²) in [4.78, 5) is 11.3. The van der Waals surface area contributed by atoms with E-state index in [2.05, 4.69) is 5.32 Å². The molecule has 1 unspecified atom stereocenters. The lowest BCUT2D eigenvalue weighted by Gasteiger charge is -2.08. The van der Waals surface area contributed by atoms with Gasteiger partial charge in [-0.3, -0.25) is 4.57 Å². The van der Waals surface area contributed by atoms with Crippen molar-refractivity contribution in [3.8, 4) is 0 Å². The van der Waals surface area contributed by atoms with Gasteiger partial charge in [0, 0.05) is 25.3 Å². The molecule has 0 aliphatic rings. The largest absolute Gasteiger partial charge is 0.419 e. The van der Waals surface area contributed by atoms with Crippen LogP contribution >= 0.6 is 0 Å². The van der Waals surface area contributed by atoms with Crippen molar-refractivity contribution in [1.82, 2.24) is 4.57 Å². The molecule has 0 fully saturated rings. The molecular weight excluding hydrogens is 218 g/mol. The second-order valence-corrected chi connectivity index (χ2v) is 4.30. The number of hydrogen-bond acceptors (Lipinski definition) is 4. The van der Waals surface area contributed by atoms with Crippen LogP contribution in [0.2, 0.25) is 0 Å². The molecule has 0 aliphatic heterocycles. The van der Waals surface area contributed by atoms with Crippen LogP contribution in [0.1, 0.15) is 13.3 Å². The SMILES string of the molecule is CC(N)CCNc1ccc2oc(=O)n(C)c2c1. The first kappa shape index (κ1) is 11.7. The maximum absolute atomic E-state index is 11.3. The quantitative estimate of drug-likeness (QED) is 0.837. The van der Waals surface area contributed by atoms with Crippen LogP contribution in [0.5, 0.6) is 0 Å². The van der Waals surface area contributed by atoms with Crippen molar-refractivity contribution >= 4 is 16.8 Å². The van der Waals surface area contributed by atoms with Crippen molar-refractivity contribution in [2.45, 2.75) is 19.4 Å². The monoisotopic (exact) mass is 235 g/mol. The van der Waals surface area contributed by atoms with Gasteiger partial charge >= 0.3 is 5.76 Å². The molecule has 1 heterocycles. The molecular formula is C12H17N3O2. The summed E-state index contributed by atoms with van der Waals surface area (Å²) in [7, 11) is 1.69. The van der Waals surface area contributed by atoms with Gasteiger partial charge in [-0.2, -0.15) is 0 Å². The second kappa shape index (κ2) is 4.63. The topological polar surface area (TPSA) is 73.2 Å². The highest BCUT2D eigenvalue weighted by Crippen LogP contribution is 2.17. The van der Waals surface area contributed by atoms with E-state index in [0.717, 1.165) is 24.2 Å². The molecule has 92 valence electrons. The minimum absolute atomic E-state index is 0.185. The van der Waals surface area contributed by atoms with Gasteiger partial charge in [-0.25, -0.2) is 4.79 Å². The molecule has 0 bridgehead atoms. The summed E-state index contributed by atoms with van der Waals surface area (Å²) in [5.41, 5.74) is 8.04. The van der Waals surface area contributed by atoms with Crippen LogP contribution in [-0.2, 0) is 7.05 Å². The Morgan fingerprint density at radius 2 is 2.29 bits per heavy atom. The van der Waals surface area contributed by atoms with Gasteiger partial charge in [-0.05, 0) is 31.5 Å². The van der Waals surface area contributed by atoms with E-state index in [4.69, 9.17) is 10.2 Å². The van der Waals surface area contributed by atoms with Gasteiger partial charge < -0.3 is 15.5 Å². The molecule has 2 rings (SSSR count). The number of aryl methyl sites for hydroxylation is 1. The van der Waals surface area contributed by atoms with Gasteiger partial charge in [-0.1, -0.05) is 0 Å². The molecule has 5 heteroatoms. The van der Waals surface area contributed by atoms with Crippen LogP contribution in [0.4, 0.5) is 5.69 Å². The number of nitrogens with zero attached hydrogens (tertiary/aromatic N) is 1. The first-order valence-corrected chi connectivity index (χ1v) is 5.67. The Hall–Kier alpha value is -1.75. The number of anilines is 1. The maximum Gasteiger partial charge on any atom is 0.419 e. The van der Waals surface area contributed by atoms with Gasteiger partial charge in [0.15, 0.2) is 5.58 Å². The predicted molar refractivity (Wildman–Crippen MR) is 68.2 cm³/mol. The molecule has 0 spiro atoms. The highest BCUT2D eigenvalue weighted by Gasteiger charge is 2.06. The van der Waals surface area contributed by atoms with Crippen LogP contribution < -0.4 is 16.8 Å². The minimum Gasteiger partial charge on any atom is -0.408 e. The molecule has 0 aliphatic carbocycles. The fourth-order valence-corrected chi connectivity index (χ4v) is 1.68. The zero-order valence-corrected chi connectivity index (χ0v) is 10.1. The smallest absolute Gasteiger partial charge is 0.408 e. The molecule has 0 radical (unpaired) electrons. The highest BCUT2D eigenvalue weighted by molar-refractivity contribution is 5.77. The zero-order valence-electron chi connectivity index (χ0n) is 10.1. The summed E-state index contributed by atoms with van der Waals surface area (Å²) >= 11 is 0. The summed E-state index contributed by atoms with van der Waals surface area (Å²) < 4.78 is 6.55. The Bertz CT molecular complexity index is 569. The van der Waals surface area contributed by atoms with Gasteiger partial charge in [0.05, 0.1) is 5.52 Å². The molecule has 1 aromatic carbocycles. The molecule has 0 saturated heterocycles. The van der Waals surface area contributed by atoms with E-state index in [1.807, 2.05) is 19.1 Å². The van der Waals surface area contributed by atoms with Gasteiger partial charge in [0.2, 0.25) is 0 Å². The molecule has 17 heavy (non-hydrogen) atoms. The Morgan fingerprint density at radius 3 is 3.00 bits per heavy atom. The lowest BCUT2D eigenvalue weighted by Crippen LogP contribution is -2.19. The Balaban J connectivity index is 2.19. The number of rotatable bonds is 4. The van der Waals surface area contributed by atoms with Crippen molar-refractivity contribution < 1.29 is 4.42 Å². The fourth-order valence-electron chi connectivity index (χ4n) is 1.68. The van der Waals surface area contributed by atoms with E-state index >= 15 is 0 Å². The van der Waals surface area contributed by atoms with E-state index in [1.54, 1.807) is 13.1 Å². The van der Waals surface area contributed by atoms with Crippen LogP contribution in [-0.4, -0.2) is 17.2 Å². The van der Waals surface area contributed by atoms with E-state index in [9.17, 15) is 4.79 Å². The summed E-state index contributed by atoms with van der Waals surface area (Å²) in [6.45, 7) is 2.79. The fraction of sp³-hybridized carbons (Fsp3) is 0.417. The van der Waals surface area contributed by atoms with Crippen LogP contribution in [0, 0.1) is 0 Å². The average Bonchev–Trinajstić information content (AvgIpc) is 2.55. The van der Waals surface area contributed by atoms with Crippen LogP contribution in [0.15, 0.2) is 27.4 Å². The van der Waals surface area contributed by atoms with Gasteiger partial charge in [0.25, 0.3) is 0 Å². The molecule has 0 saturated carbocycles. The minimum atomic E-state index is -0.340. The Kier molecular flexibility index (Phi) is 3.19. The third-order valence-electron chi connectivity index (χ3n) is 2.72. The zero-order chi connectivity index (χ0) is 12.4. The van der Waals surface area contributed by atoms with Crippen molar-refractivity contribution in [2.24, 2.45) is 12.8 Å². The van der Waals surface area contributed by atoms with Gasteiger partial charge in [-0.15, -0.1) is 0 Å². The third kappa shape index (κ3) is 2.50. The van der Waals surface area contributed by atoms with E-state index in [-0.39, 0.29) is 11.8 Å². The van der Waals surface area contributed by atoms with Crippen molar-refractivity contribution in [2.75, 3.05) is 11.9 Å². The van der Waals surface area contributed by atoms with E-state index in [1.165, 1.54) is 4.57 Å². The normalized spacial score (nSPS) is 12.9. The van der Waals surface area contributed by atoms with Gasteiger partial charge in [0.1, 0.15) is 0 Å². The number of hydrogen-bond donors (Lipinski definition) is 2. The summed E-state index contributed by atoms with van der Waals surface area (Å²) in [6, 6.07) is 5.78. The lowest BCUT2D eigenvalue weighted by molar-refractivity contribution is 0.528. The molecule has 1 aromatic heterocycles. The van der Waals surface area contributed by atoms with E-state index in [0.29, 0.717) is 5.58 Å². The number of nitrogens with one attached hydrogen (secondary N) is 1. The number of aromatic nitrogens is 1. The first-order valence-electron chi connectivity index (χ1n) is 5.67. The Labute approximate surface area is 99.2 Å².